The molecule has 2 aromatic carbocycles. The maximum Gasteiger partial charge on any atom is 0.409 e. The average molecular weight is 377 g/mol. The molecule has 2 aromatic rings. The van der Waals surface area contributed by atoms with Crippen LogP contribution in [0.25, 0.3) is 11.1 Å². The van der Waals surface area contributed by atoms with E-state index in [4.69, 9.17) is 4.74 Å². The predicted molar refractivity (Wildman–Crippen MR) is 104 cm³/mol. The lowest BCUT2D eigenvalue weighted by atomic mass is 9.63. The predicted octanol–water partition coefficient (Wildman–Crippen LogP) is 4.12. The minimum absolute atomic E-state index is 0.0203. The van der Waals surface area contributed by atoms with Crippen LogP contribution in [0.5, 0.6) is 0 Å². The summed E-state index contributed by atoms with van der Waals surface area (Å²) in [5.41, 5.74) is 4.50. The number of nitrogens with zero attached hydrogens (tertiary/aromatic N) is 1. The highest BCUT2D eigenvalue weighted by molar-refractivity contribution is 5.79. The number of carbonyl (C=O) groups is 2. The normalized spacial score (nSPS) is 21.9. The molecule has 3 aliphatic rings. The molecule has 1 spiro atoms. The molecule has 144 valence electrons. The second-order valence-electron chi connectivity index (χ2n) is 8.29. The Bertz CT molecular complexity index is 904. The van der Waals surface area contributed by atoms with E-state index in [0.717, 1.165) is 19.3 Å². The Morgan fingerprint density at radius 2 is 1.64 bits per heavy atom. The van der Waals surface area contributed by atoms with E-state index in [9.17, 15) is 14.7 Å². The summed E-state index contributed by atoms with van der Waals surface area (Å²) < 4.78 is 5.71. The number of aliphatic carboxylic acids is 1. The van der Waals surface area contributed by atoms with Gasteiger partial charge in [-0.3, -0.25) is 4.79 Å². The maximum atomic E-state index is 12.7. The van der Waals surface area contributed by atoms with Crippen LogP contribution in [0.4, 0.5) is 4.79 Å². The first-order chi connectivity index (χ1) is 13.6. The molecule has 2 aliphatic carbocycles. The smallest absolute Gasteiger partial charge is 0.409 e. The quantitative estimate of drug-likeness (QED) is 0.874. The third-order valence-corrected chi connectivity index (χ3v) is 6.89. The lowest BCUT2D eigenvalue weighted by molar-refractivity contribution is -0.146. The Kier molecular flexibility index (Phi) is 3.93. The fourth-order valence-electron chi connectivity index (χ4n) is 5.27. The summed E-state index contributed by atoms with van der Waals surface area (Å²) in [6.45, 7) is 1.03. The first kappa shape index (κ1) is 17.3. The van der Waals surface area contributed by atoms with Crippen LogP contribution in [-0.2, 0) is 9.53 Å². The van der Waals surface area contributed by atoms with Crippen LogP contribution in [0, 0.1) is 11.3 Å². The average Bonchev–Trinajstić information content (AvgIpc) is 3.24. The van der Waals surface area contributed by atoms with Crippen molar-refractivity contribution in [2.45, 2.75) is 25.2 Å². The third-order valence-electron chi connectivity index (χ3n) is 6.89. The minimum Gasteiger partial charge on any atom is -0.481 e. The van der Waals surface area contributed by atoms with E-state index in [-0.39, 0.29) is 24.5 Å². The van der Waals surface area contributed by atoms with E-state index < -0.39 is 18.0 Å². The van der Waals surface area contributed by atoms with Gasteiger partial charge in [-0.15, -0.1) is 0 Å². The van der Waals surface area contributed by atoms with Gasteiger partial charge in [-0.1, -0.05) is 55.0 Å². The van der Waals surface area contributed by atoms with Crippen LogP contribution in [0.1, 0.15) is 36.3 Å². The molecule has 1 aliphatic heterocycles. The number of hydrogen-bond donors (Lipinski definition) is 1. The number of carboxylic acids is 1. The van der Waals surface area contributed by atoms with Gasteiger partial charge in [0.1, 0.15) is 6.61 Å². The van der Waals surface area contributed by atoms with Crippen molar-refractivity contribution in [3.63, 3.8) is 0 Å². The minimum atomic E-state index is -0.798. The van der Waals surface area contributed by atoms with E-state index in [1.54, 1.807) is 4.90 Å². The summed E-state index contributed by atoms with van der Waals surface area (Å²) in [4.78, 5) is 26.0. The Morgan fingerprint density at radius 3 is 2.14 bits per heavy atom. The van der Waals surface area contributed by atoms with Crippen LogP contribution < -0.4 is 0 Å². The van der Waals surface area contributed by atoms with Crippen LogP contribution in [0.15, 0.2) is 48.5 Å². The molecule has 28 heavy (non-hydrogen) atoms. The lowest BCUT2D eigenvalue weighted by Gasteiger charge is -2.40. The number of amides is 1. The van der Waals surface area contributed by atoms with Crippen LogP contribution in [0.3, 0.4) is 0 Å². The monoisotopic (exact) mass is 377 g/mol. The van der Waals surface area contributed by atoms with E-state index in [2.05, 4.69) is 24.3 Å². The molecule has 1 saturated heterocycles. The first-order valence-electron chi connectivity index (χ1n) is 9.92. The van der Waals surface area contributed by atoms with Gasteiger partial charge in [-0.25, -0.2) is 4.79 Å². The van der Waals surface area contributed by atoms with Gasteiger partial charge in [0.15, 0.2) is 0 Å². The third kappa shape index (κ3) is 2.53. The molecule has 1 unspecified atom stereocenters. The van der Waals surface area contributed by atoms with E-state index in [1.165, 1.54) is 22.3 Å². The zero-order valence-corrected chi connectivity index (χ0v) is 15.6. The van der Waals surface area contributed by atoms with Crippen molar-refractivity contribution < 1.29 is 19.4 Å². The first-order valence-corrected chi connectivity index (χ1v) is 9.92. The number of hydrogen-bond acceptors (Lipinski definition) is 3. The molecule has 1 atom stereocenters. The van der Waals surface area contributed by atoms with Crippen molar-refractivity contribution in [2.24, 2.45) is 11.3 Å². The second kappa shape index (κ2) is 6.36. The number of benzene rings is 2. The molecule has 1 N–H and O–H groups in total. The SMILES string of the molecule is O=C(O)C1CN(C(=O)OCC2c3ccccc3-c3ccccc32)CC12CCC2. The molecule has 0 radical (unpaired) electrons. The molecule has 1 heterocycles. The van der Waals surface area contributed by atoms with E-state index >= 15 is 0 Å². The summed E-state index contributed by atoms with van der Waals surface area (Å²) in [7, 11) is 0. The Labute approximate surface area is 163 Å². The van der Waals surface area contributed by atoms with Crippen molar-refractivity contribution in [3.05, 3.63) is 59.7 Å². The number of likely N-dealkylation sites (tertiary alicyclic amines) is 1. The van der Waals surface area contributed by atoms with Gasteiger partial charge < -0.3 is 14.7 Å². The molecule has 5 heteroatoms. The zero-order chi connectivity index (χ0) is 19.3. The Hall–Kier alpha value is -2.82. The molecule has 0 aromatic heterocycles. The second-order valence-corrected chi connectivity index (χ2v) is 8.29. The molecular weight excluding hydrogens is 354 g/mol. The highest BCUT2D eigenvalue weighted by Crippen LogP contribution is 2.52. The fourth-order valence-corrected chi connectivity index (χ4v) is 5.27. The van der Waals surface area contributed by atoms with Crippen molar-refractivity contribution in [1.82, 2.24) is 4.90 Å². The molecule has 1 saturated carbocycles. The summed E-state index contributed by atoms with van der Waals surface area (Å²) >= 11 is 0. The largest absolute Gasteiger partial charge is 0.481 e. The van der Waals surface area contributed by atoms with Gasteiger partial charge in [-0.05, 0) is 35.1 Å². The summed E-state index contributed by atoms with van der Waals surface area (Å²) in [6.07, 6.45) is 2.42. The number of rotatable bonds is 3. The van der Waals surface area contributed by atoms with Gasteiger partial charge >= 0.3 is 12.1 Å². The Balaban J connectivity index is 1.32. The van der Waals surface area contributed by atoms with Gasteiger partial charge in [0.2, 0.25) is 0 Å². The van der Waals surface area contributed by atoms with Gasteiger partial charge in [0.05, 0.1) is 5.92 Å². The van der Waals surface area contributed by atoms with E-state index in [1.807, 2.05) is 24.3 Å². The number of ether oxygens (including phenoxy) is 1. The van der Waals surface area contributed by atoms with Crippen molar-refractivity contribution in [2.75, 3.05) is 19.7 Å². The van der Waals surface area contributed by atoms with Gasteiger partial charge in [0.25, 0.3) is 0 Å². The van der Waals surface area contributed by atoms with Crippen LogP contribution in [0.2, 0.25) is 0 Å². The fraction of sp³-hybridized carbons (Fsp3) is 0.391. The molecule has 2 fully saturated rings. The molecule has 5 rings (SSSR count). The van der Waals surface area contributed by atoms with E-state index in [0.29, 0.717) is 6.54 Å². The van der Waals surface area contributed by atoms with Crippen LogP contribution >= 0.6 is 0 Å². The standard InChI is InChI=1S/C23H23NO4/c25-21(26)20-12-24(14-23(20)10-5-11-23)22(27)28-13-19-17-8-3-1-6-15(17)16-7-2-4-9-18(16)19/h1-4,6-9,19-20H,5,10-14H2,(H,25,26). The topological polar surface area (TPSA) is 66.8 Å². The number of fused-ring (bicyclic) bond motifs is 3. The number of carbonyl (C=O) groups excluding carboxylic acids is 1. The lowest BCUT2D eigenvalue weighted by Crippen LogP contribution is -2.41. The van der Waals surface area contributed by atoms with Crippen molar-refractivity contribution in [1.29, 1.82) is 0 Å². The highest BCUT2D eigenvalue weighted by atomic mass is 16.6. The molecule has 1 amide bonds. The van der Waals surface area contributed by atoms with Crippen LogP contribution in [-0.4, -0.2) is 41.8 Å². The highest BCUT2D eigenvalue weighted by Gasteiger charge is 2.55. The summed E-state index contributed by atoms with van der Waals surface area (Å²) in [5, 5.41) is 9.56. The summed E-state index contributed by atoms with van der Waals surface area (Å²) in [5.74, 6) is -1.25. The molecule has 0 bridgehead atoms. The maximum absolute atomic E-state index is 12.7. The Morgan fingerprint density at radius 1 is 1.04 bits per heavy atom. The van der Waals surface area contributed by atoms with Gasteiger partial charge in [-0.2, -0.15) is 0 Å². The summed E-state index contributed by atoms with van der Waals surface area (Å²) in [6, 6.07) is 16.5. The van der Waals surface area contributed by atoms with Crippen molar-refractivity contribution in [3.8, 4) is 11.1 Å². The van der Waals surface area contributed by atoms with Crippen molar-refractivity contribution >= 4 is 12.1 Å². The number of carboxylic acid groups (broad SMARTS) is 1. The molecule has 5 nitrogen and oxygen atoms in total. The molecular formula is C23H23NO4. The zero-order valence-electron chi connectivity index (χ0n) is 15.6. The van der Waals surface area contributed by atoms with Gasteiger partial charge in [0, 0.05) is 24.4 Å².